The first-order valence-corrected chi connectivity index (χ1v) is 7.67. The van der Waals surface area contributed by atoms with Crippen LogP contribution in [0, 0.1) is 23.7 Å². The van der Waals surface area contributed by atoms with Gasteiger partial charge in [-0.3, -0.25) is 4.79 Å². The molecule has 0 spiro atoms. The molecule has 0 aromatic heterocycles. The second-order valence-electron chi connectivity index (χ2n) is 6.10. The highest BCUT2D eigenvalue weighted by Gasteiger charge is 2.41. The Labute approximate surface area is 126 Å². The zero-order chi connectivity index (χ0) is 15.9. The highest BCUT2D eigenvalue weighted by molar-refractivity contribution is 5.78. The topological polar surface area (TPSA) is 78.4 Å². The number of hydrogen-bond donors (Lipinski definition) is 3. The molecule has 1 unspecified atom stereocenters. The summed E-state index contributed by atoms with van der Waals surface area (Å²) in [6, 6.07) is -0.687. The third-order valence-electron chi connectivity index (χ3n) is 4.36. The molecule has 21 heavy (non-hydrogen) atoms. The van der Waals surface area contributed by atoms with Crippen LogP contribution < -0.4 is 10.6 Å². The third-order valence-corrected chi connectivity index (χ3v) is 4.36. The molecule has 1 atom stereocenters. The van der Waals surface area contributed by atoms with Gasteiger partial charge in [-0.15, -0.1) is 6.42 Å². The average molecular weight is 294 g/mol. The molecule has 1 saturated carbocycles. The van der Waals surface area contributed by atoms with Crippen molar-refractivity contribution in [1.29, 1.82) is 0 Å². The molecule has 0 aromatic rings. The molecule has 0 bridgehead atoms. The summed E-state index contributed by atoms with van der Waals surface area (Å²) in [5.74, 6) is 2.26. The van der Waals surface area contributed by atoms with E-state index in [0.717, 1.165) is 19.3 Å². The van der Waals surface area contributed by atoms with Crippen molar-refractivity contribution in [3.8, 4) is 12.3 Å². The number of hydrogen-bond acceptors (Lipinski definition) is 2. The summed E-state index contributed by atoms with van der Waals surface area (Å²) in [6.45, 7) is 4.28. The fourth-order valence-electron chi connectivity index (χ4n) is 2.73. The molecule has 1 fully saturated rings. The van der Waals surface area contributed by atoms with E-state index >= 15 is 0 Å². The Bertz CT molecular complexity index is 406. The van der Waals surface area contributed by atoms with Crippen LogP contribution in [0.3, 0.4) is 0 Å². The molecule has 2 amide bonds. The van der Waals surface area contributed by atoms with Crippen LogP contribution in [0.25, 0.3) is 0 Å². The number of carboxylic acids is 1. The van der Waals surface area contributed by atoms with Gasteiger partial charge in [0.15, 0.2) is 0 Å². The summed E-state index contributed by atoms with van der Waals surface area (Å²) >= 11 is 0. The number of aliphatic carboxylic acids is 1. The molecule has 5 heteroatoms. The maximum Gasteiger partial charge on any atom is 0.315 e. The first-order chi connectivity index (χ1) is 9.93. The van der Waals surface area contributed by atoms with Gasteiger partial charge in [0, 0.05) is 6.54 Å². The van der Waals surface area contributed by atoms with E-state index in [4.69, 9.17) is 6.42 Å². The van der Waals surface area contributed by atoms with E-state index in [1.165, 1.54) is 0 Å². The van der Waals surface area contributed by atoms with Crippen molar-refractivity contribution in [1.82, 2.24) is 10.6 Å². The lowest BCUT2D eigenvalue weighted by Crippen LogP contribution is -2.49. The van der Waals surface area contributed by atoms with E-state index in [-0.39, 0.29) is 18.6 Å². The van der Waals surface area contributed by atoms with Gasteiger partial charge in [0.1, 0.15) is 0 Å². The minimum atomic E-state index is -0.833. The summed E-state index contributed by atoms with van der Waals surface area (Å²) < 4.78 is 0. The number of urea groups is 1. The van der Waals surface area contributed by atoms with Gasteiger partial charge < -0.3 is 15.7 Å². The van der Waals surface area contributed by atoms with E-state index in [0.29, 0.717) is 25.2 Å². The molecular formula is C16H26N2O3. The van der Waals surface area contributed by atoms with Crippen molar-refractivity contribution >= 4 is 12.0 Å². The number of carbonyl (C=O) groups is 2. The van der Waals surface area contributed by atoms with Gasteiger partial charge in [-0.25, -0.2) is 4.79 Å². The Balaban J connectivity index is 2.52. The fraction of sp³-hybridized carbons (Fsp3) is 0.750. The minimum absolute atomic E-state index is 0.157. The van der Waals surface area contributed by atoms with Crippen molar-refractivity contribution < 1.29 is 14.7 Å². The van der Waals surface area contributed by atoms with E-state index in [9.17, 15) is 14.7 Å². The molecule has 1 aliphatic carbocycles. The Morgan fingerprint density at radius 1 is 1.43 bits per heavy atom. The highest BCUT2D eigenvalue weighted by Crippen LogP contribution is 2.38. The van der Waals surface area contributed by atoms with Gasteiger partial charge in [-0.2, -0.15) is 0 Å². The number of terminal acetylenes is 1. The van der Waals surface area contributed by atoms with Gasteiger partial charge in [0.2, 0.25) is 0 Å². The van der Waals surface area contributed by atoms with Crippen LogP contribution in [0.4, 0.5) is 4.79 Å². The van der Waals surface area contributed by atoms with Crippen molar-refractivity contribution in [3.05, 3.63) is 0 Å². The first kappa shape index (κ1) is 17.4. The molecule has 118 valence electrons. The Morgan fingerprint density at radius 3 is 2.52 bits per heavy atom. The summed E-state index contributed by atoms with van der Waals surface area (Å²) in [6.07, 6.45) is 9.94. The van der Waals surface area contributed by atoms with E-state index < -0.39 is 11.4 Å². The monoisotopic (exact) mass is 294 g/mol. The van der Waals surface area contributed by atoms with Crippen molar-refractivity contribution in [2.45, 2.75) is 58.4 Å². The quantitative estimate of drug-likeness (QED) is 0.658. The number of carbonyl (C=O) groups excluding carboxylic acids is 1. The molecule has 0 saturated heterocycles. The van der Waals surface area contributed by atoms with Crippen LogP contribution in [-0.4, -0.2) is 29.7 Å². The molecule has 5 nitrogen and oxygen atoms in total. The fourth-order valence-corrected chi connectivity index (χ4v) is 2.73. The number of amides is 2. The Kier molecular flexibility index (Phi) is 6.54. The van der Waals surface area contributed by atoms with Crippen molar-refractivity contribution in [3.63, 3.8) is 0 Å². The van der Waals surface area contributed by atoms with Gasteiger partial charge in [-0.05, 0) is 38.0 Å². The zero-order valence-electron chi connectivity index (χ0n) is 12.9. The summed E-state index contributed by atoms with van der Waals surface area (Å²) in [4.78, 5) is 23.4. The largest absolute Gasteiger partial charge is 0.481 e. The lowest BCUT2D eigenvalue weighted by molar-refractivity contribution is -0.151. The second kappa shape index (κ2) is 7.92. The van der Waals surface area contributed by atoms with Crippen LogP contribution in [-0.2, 0) is 4.79 Å². The van der Waals surface area contributed by atoms with Gasteiger partial charge in [0.05, 0.1) is 11.5 Å². The van der Waals surface area contributed by atoms with E-state index in [1.54, 1.807) is 0 Å². The second-order valence-corrected chi connectivity index (χ2v) is 6.10. The maximum atomic E-state index is 11.8. The first-order valence-electron chi connectivity index (χ1n) is 7.67. The lowest BCUT2D eigenvalue weighted by atomic mass is 9.71. The van der Waals surface area contributed by atoms with Crippen LogP contribution in [0.15, 0.2) is 0 Å². The summed E-state index contributed by atoms with van der Waals surface area (Å²) in [7, 11) is 0. The smallest absolute Gasteiger partial charge is 0.315 e. The van der Waals surface area contributed by atoms with E-state index in [1.807, 2.05) is 6.92 Å². The van der Waals surface area contributed by atoms with Crippen molar-refractivity contribution in [2.24, 2.45) is 11.3 Å². The number of rotatable bonds is 6. The number of nitrogens with one attached hydrogen (secondary N) is 2. The van der Waals surface area contributed by atoms with Crippen LogP contribution in [0.2, 0.25) is 0 Å². The van der Waals surface area contributed by atoms with Crippen LogP contribution in [0.5, 0.6) is 0 Å². The molecular weight excluding hydrogens is 268 g/mol. The van der Waals surface area contributed by atoms with E-state index in [2.05, 4.69) is 23.5 Å². The lowest BCUT2D eigenvalue weighted by Gasteiger charge is -2.35. The average Bonchev–Trinajstić information content (AvgIpc) is 2.46. The number of carboxylic acid groups (broad SMARTS) is 1. The zero-order valence-corrected chi connectivity index (χ0v) is 12.9. The summed E-state index contributed by atoms with van der Waals surface area (Å²) in [5, 5.41) is 14.9. The molecule has 1 aliphatic rings. The normalized spacial score (nSPS) is 26.4. The minimum Gasteiger partial charge on any atom is -0.481 e. The van der Waals surface area contributed by atoms with Crippen molar-refractivity contribution in [2.75, 3.05) is 6.54 Å². The predicted octanol–water partition coefficient (Wildman–Crippen LogP) is 2.37. The predicted molar refractivity (Wildman–Crippen MR) is 81.8 cm³/mol. The van der Waals surface area contributed by atoms with Gasteiger partial charge in [-0.1, -0.05) is 26.2 Å². The van der Waals surface area contributed by atoms with Gasteiger partial charge in [0.25, 0.3) is 0 Å². The van der Waals surface area contributed by atoms with Crippen LogP contribution >= 0.6 is 0 Å². The maximum absolute atomic E-state index is 11.8. The standard InChI is InChI=1S/C16H26N2O3/c1-4-6-13(5-2)18-15(21)17-11-16(14(19)20)9-7-12(3)8-10-16/h2,12-13H,4,6-11H2,1,3H3,(H,19,20)(H2,17,18,21). The molecule has 0 aliphatic heterocycles. The highest BCUT2D eigenvalue weighted by atomic mass is 16.4. The Morgan fingerprint density at radius 2 is 2.05 bits per heavy atom. The van der Waals surface area contributed by atoms with Crippen LogP contribution in [0.1, 0.15) is 52.4 Å². The molecule has 0 radical (unpaired) electrons. The Hall–Kier alpha value is -1.70. The molecule has 0 heterocycles. The summed E-state index contributed by atoms with van der Waals surface area (Å²) in [5.41, 5.74) is -0.833. The molecule has 0 aromatic carbocycles. The molecule has 1 rings (SSSR count). The molecule has 3 N–H and O–H groups in total. The SMILES string of the molecule is C#CC(CCC)NC(=O)NCC1(C(=O)O)CCC(C)CC1. The van der Waals surface area contributed by atoms with Gasteiger partial charge >= 0.3 is 12.0 Å². The third kappa shape index (κ3) is 4.96.